The lowest BCUT2D eigenvalue weighted by Gasteiger charge is -2.18. The molecule has 0 bridgehead atoms. The van der Waals surface area contributed by atoms with Crippen LogP contribution in [-0.4, -0.2) is 31.1 Å². The van der Waals surface area contributed by atoms with Crippen molar-refractivity contribution in [3.05, 3.63) is 38.6 Å². The second kappa shape index (κ2) is 8.91. The fourth-order valence-electron chi connectivity index (χ4n) is 3.05. The first-order valence-electron chi connectivity index (χ1n) is 8.93. The Morgan fingerprint density at radius 1 is 1.29 bits per heavy atom. The first kappa shape index (κ1) is 20.6. The third-order valence-electron chi connectivity index (χ3n) is 4.35. The average molecular weight is 470 g/mol. The number of rotatable bonds is 6. The van der Waals surface area contributed by atoms with Crippen molar-refractivity contribution in [1.29, 1.82) is 0 Å². The summed E-state index contributed by atoms with van der Waals surface area (Å²) in [7, 11) is 0. The monoisotopic (exact) mass is 469 g/mol. The molecule has 0 saturated heterocycles. The maximum atomic E-state index is 12.4. The predicted octanol–water partition coefficient (Wildman–Crippen LogP) is 4.20. The van der Waals surface area contributed by atoms with Crippen LogP contribution in [0.15, 0.2) is 21.2 Å². The van der Waals surface area contributed by atoms with Crippen LogP contribution in [0.4, 0.5) is 5.00 Å². The summed E-state index contributed by atoms with van der Waals surface area (Å²) < 4.78 is 15.6. The summed E-state index contributed by atoms with van der Waals surface area (Å²) in [6.07, 6.45) is 2.63. The molecule has 150 valence electrons. The van der Waals surface area contributed by atoms with Crippen molar-refractivity contribution in [1.82, 2.24) is 0 Å². The van der Waals surface area contributed by atoms with Gasteiger partial charge in [0.1, 0.15) is 5.00 Å². The molecule has 0 spiro atoms. The van der Waals surface area contributed by atoms with Crippen molar-refractivity contribution in [2.24, 2.45) is 5.92 Å². The van der Waals surface area contributed by atoms with Gasteiger partial charge in [-0.3, -0.25) is 4.79 Å². The molecule has 2 heterocycles. The zero-order valence-corrected chi connectivity index (χ0v) is 17.9. The summed E-state index contributed by atoms with van der Waals surface area (Å²) in [4.78, 5) is 37.7. The molecular formula is C19H20BrNO6S. The van der Waals surface area contributed by atoms with Crippen LogP contribution in [0.2, 0.25) is 0 Å². The highest BCUT2D eigenvalue weighted by Crippen LogP contribution is 2.40. The number of halogens is 1. The lowest BCUT2D eigenvalue weighted by atomic mass is 9.88. The van der Waals surface area contributed by atoms with Crippen molar-refractivity contribution in [2.75, 3.05) is 18.5 Å². The maximum absolute atomic E-state index is 12.4. The van der Waals surface area contributed by atoms with E-state index in [0.717, 1.165) is 29.7 Å². The number of nitrogens with one attached hydrogen (secondary N) is 1. The van der Waals surface area contributed by atoms with Crippen LogP contribution >= 0.6 is 27.3 Å². The van der Waals surface area contributed by atoms with Gasteiger partial charge in [-0.05, 0) is 65.7 Å². The Labute approximate surface area is 174 Å². The molecule has 0 saturated carbocycles. The number of thiophene rings is 1. The highest BCUT2D eigenvalue weighted by atomic mass is 79.9. The number of furan rings is 1. The molecule has 0 unspecified atom stereocenters. The van der Waals surface area contributed by atoms with E-state index in [0.29, 0.717) is 21.2 Å². The van der Waals surface area contributed by atoms with E-state index in [1.165, 1.54) is 17.4 Å². The highest BCUT2D eigenvalue weighted by molar-refractivity contribution is 9.10. The van der Waals surface area contributed by atoms with Gasteiger partial charge in [0.25, 0.3) is 5.91 Å². The molecule has 2 aromatic heterocycles. The molecule has 0 fully saturated rings. The van der Waals surface area contributed by atoms with Gasteiger partial charge in [0.2, 0.25) is 5.76 Å². The van der Waals surface area contributed by atoms with Crippen LogP contribution in [0.5, 0.6) is 0 Å². The largest absolute Gasteiger partial charge is 0.462 e. The van der Waals surface area contributed by atoms with Gasteiger partial charge >= 0.3 is 11.9 Å². The van der Waals surface area contributed by atoms with Crippen molar-refractivity contribution < 1.29 is 28.3 Å². The summed E-state index contributed by atoms with van der Waals surface area (Å²) in [6.45, 7) is 3.67. The summed E-state index contributed by atoms with van der Waals surface area (Å²) in [6, 6.07) is 3.00. The van der Waals surface area contributed by atoms with Crippen LogP contribution in [0.1, 0.15) is 51.6 Å². The number of ether oxygens (including phenoxy) is 2. The Balaban J connectivity index is 1.71. The number of fused-ring (bicyclic) bond motifs is 1. The molecule has 7 nitrogen and oxygen atoms in total. The standard InChI is InChI=1S/C19H20BrNO6S/c1-3-25-19(24)16-11-5-4-10(2)8-13(11)28-17(16)21-15(22)9-26-18(23)12-6-7-14(20)27-12/h6-7,10H,3-5,8-9H2,1-2H3,(H,21,22)/t10-/m1/s1. The second-order valence-electron chi connectivity index (χ2n) is 6.50. The molecule has 1 aliphatic rings. The molecule has 28 heavy (non-hydrogen) atoms. The van der Waals surface area contributed by atoms with E-state index in [9.17, 15) is 14.4 Å². The first-order chi connectivity index (χ1) is 13.4. The number of hydrogen-bond donors (Lipinski definition) is 1. The van der Waals surface area contributed by atoms with Gasteiger partial charge in [-0.25, -0.2) is 9.59 Å². The molecule has 1 aliphatic carbocycles. The van der Waals surface area contributed by atoms with Gasteiger partial charge in [0.15, 0.2) is 11.3 Å². The Bertz CT molecular complexity index is 902. The molecule has 1 atom stereocenters. The van der Waals surface area contributed by atoms with Gasteiger partial charge in [0.05, 0.1) is 12.2 Å². The molecule has 1 N–H and O–H groups in total. The summed E-state index contributed by atoms with van der Waals surface area (Å²) in [5.41, 5.74) is 1.37. The molecule has 2 aromatic rings. The minimum atomic E-state index is -0.745. The van der Waals surface area contributed by atoms with Crippen molar-refractivity contribution >= 4 is 50.1 Å². The van der Waals surface area contributed by atoms with Crippen LogP contribution < -0.4 is 5.32 Å². The number of esters is 2. The Kier molecular flexibility index (Phi) is 6.56. The topological polar surface area (TPSA) is 94.8 Å². The van der Waals surface area contributed by atoms with E-state index in [-0.39, 0.29) is 12.4 Å². The molecule has 0 aliphatic heterocycles. The third-order valence-corrected chi connectivity index (χ3v) is 5.95. The van der Waals surface area contributed by atoms with Crippen molar-refractivity contribution in [3.8, 4) is 0 Å². The first-order valence-corrected chi connectivity index (χ1v) is 10.5. The van der Waals surface area contributed by atoms with Crippen LogP contribution in [0, 0.1) is 5.92 Å². The van der Waals surface area contributed by atoms with E-state index in [4.69, 9.17) is 13.9 Å². The van der Waals surface area contributed by atoms with Crippen LogP contribution in [0.3, 0.4) is 0 Å². The molecule has 0 radical (unpaired) electrons. The van der Waals surface area contributed by atoms with Gasteiger partial charge in [-0.2, -0.15) is 0 Å². The van der Waals surface area contributed by atoms with E-state index in [1.807, 2.05) is 0 Å². The normalized spacial score (nSPS) is 15.6. The number of anilines is 1. The van der Waals surface area contributed by atoms with Crippen LogP contribution in [-0.2, 0) is 27.1 Å². The Morgan fingerprint density at radius 3 is 2.75 bits per heavy atom. The zero-order chi connectivity index (χ0) is 20.3. The number of carbonyl (C=O) groups is 3. The molecule has 9 heteroatoms. The number of amides is 1. The third kappa shape index (κ3) is 4.64. The Morgan fingerprint density at radius 2 is 2.07 bits per heavy atom. The molecule has 3 rings (SSSR count). The second-order valence-corrected chi connectivity index (χ2v) is 8.39. The van der Waals surface area contributed by atoms with E-state index < -0.39 is 24.5 Å². The minimum Gasteiger partial charge on any atom is -0.462 e. The molecule has 1 amide bonds. The Hall–Kier alpha value is -2.13. The fraction of sp³-hybridized carbons (Fsp3) is 0.421. The molecule has 0 aromatic carbocycles. The zero-order valence-electron chi connectivity index (χ0n) is 15.5. The van der Waals surface area contributed by atoms with Gasteiger partial charge < -0.3 is 19.2 Å². The van der Waals surface area contributed by atoms with Crippen molar-refractivity contribution in [3.63, 3.8) is 0 Å². The van der Waals surface area contributed by atoms with Crippen molar-refractivity contribution in [2.45, 2.75) is 33.1 Å². The van der Waals surface area contributed by atoms with Crippen LogP contribution in [0.25, 0.3) is 0 Å². The minimum absolute atomic E-state index is 0.00698. The maximum Gasteiger partial charge on any atom is 0.374 e. The quantitative estimate of drug-likeness (QED) is 0.636. The van der Waals surface area contributed by atoms with E-state index >= 15 is 0 Å². The average Bonchev–Trinajstić information content (AvgIpc) is 3.22. The highest BCUT2D eigenvalue weighted by Gasteiger charge is 2.29. The van der Waals surface area contributed by atoms with Gasteiger partial charge in [0, 0.05) is 4.88 Å². The van der Waals surface area contributed by atoms with Gasteiger partial charge in [-0.15, -0.1) is 11.3 Å². The summed E-state index contributed by atoms with van der Waals surface area (Å²) in [5, 5.41) is 3.14. The lowest BCUT2D eigenvalue weighted by molar-refractivity contribution is -0.119. The molecular weight excluding hydrogens is 450 g/mol. The summed E-state index contributed by atoms with van der Waals surface area (Å²) >= 11 is 4.48. The summed E-state index contributed by atoms with van der Waals surface area (Å²) in [5.74, 6) is -1.20. The lowest BCUT2D eigenvalue weighted by Crippen LogP contribution is -2.22. The predicted molar refractivity (Wildman–Crippen MR) is 107 cm³/mol. The number of carbonyl (C=O) groups excluding carboxylic acids is 3. The smallest absolute Gasteiger partial charge is 0.374 e. The van der Waals surface area contributed by atoms with E-state index in [2.05, 4.69) is 28.2 Å². The van der Waals surface area contributed by atoms with E-state index in [1.54, 1.807) is 13.0 Å². The SMILES string of the molecule is CCOC(=O)c1c(NC(=O)COC(=O)c2ccc(Br)o2)sc2c1CC[C@@H](C)C2. The fourth-order valence-corrected chi connectivity index (χ4v) is 4.77. The number of hydrogen-bond acceptors (Lipinski definition) is 7. The van der Waals surface area contributed by atoms with Gasteiger partial charge in [-0.1, -0.05) is 6.92 Å².